The normalized spacial score (nSPS) is 11.5. The third-order valence-electron chi connectivity index (χ3n) is 5.36. The van der Waals surface area contributed by atoms with Crippen LogP contribution in [0.5, 0.6) is 0 Å². The van der Waals surface area contributed by atoms with E-state index in [4.69, 9.17) is 4.74 Å². The third-order valence-corrected chi connectivity index (χ3v) is 8.38. The molecule has 0 aromatic heterocycles. The van der Waals surface area contributed by atoms with Crippen molar-refractivity contribution in [2.24, 2.45) is 0 Å². The fourth-order valence-electron chi connectivity index (χ4n) is 3.44. The number of anilines is 2. The van der Waals surface area contributed by atoms with Crippen LogP contribution in [0.4, 0.5) is 22.7 Å². The van der Waals surface area contributed by atoms with Crippen molar-refractivity contribution in [2.45, 2.75) is 30.6 Å². The summed E-state index contributed by atoms with van der Waals surface area (Å²) in [6.07, 6.45) is 0. The van der Waals surface area contributed by atoms with Crippen LogP contribution in [0, 0.1) is 34.1 Å². The molecule has 3 aromatic rings. The molecule has 16 heteroatoms. The first-order chi connectivity index (χ1) is 18.2. The lowest BCUT2D eigenvalue weighted by Crippen LogP contribution is -2.19. The number of sulfonamides is 2. The second-order valence-electron chi connectivity index (χ2n) is 8.11. The van der Waals surface area contributed by atoms with Gasteiger partial charge in [-0.3, -0.25) is 29.7 Å². The molecular weight excluding hydrogens is 556 g/mol. The van der Waals surface area contributed by atoms with Gasteiger partial charge in [0, 0.05) is 24.3 Å². The lowest BCUT2D eigenvalue weighted by molar-refractivity contribution is -0.385. The fraction of sp³-hybridized carbons (Fsp3) is 0.174. The summed E-state index contributed by atoms with van der Waals surface area (Å²) in [4.78, 5) is 32.2. The Bertz CT molecular complexity index is 1700. The molecule has 0 bridgehead atoms. The number of esters is 1. The van der Waals surface area contributed by atoms with E-state index in [9.17, 15) is 41.9 Å². The predicted molar refractivity (Wildman–Crippen MR) is 140 cm³/mol. The van der Waals surface area contributed by atoms with Gasteiger partial charge in [0.1, 0.15) is 0 Å². The van der Waals surface area contributed by atoms with Gasteiger partial charge in [0.05, 0.1) is 43.2 Å². The molecule has 2 N–H and O–H groups in total. The van der Waals surface area contributed by atoms with Crippen LogP contribution in [-0.4, -0.2) is 39.3 Å². The molecule has 0 radical (unpaired) electrons. The Labute approximate surface area is 223 Å². The number of nitrogens with one attached hydrogen (secondary N) is 2. The van der Waals surface area contributed by atoms with Crippen LogP contribution in [0.25, 0.3) is 0 Å². The van der Waals surface area contributed by atoms with Crippen molar-refractivity contribution in [3.8, 4) is 0 Å². The highest BCUT2D eigenvalue weighted by Gasteiger charge is 2.26. The van der Waals surface area contributed by atoms with Crippen molar-refractivity contribution in [3.05, 3.63) is 91.5 Å². The van der Waals surface area contributed by atoms with E-state index in [1.807, 2.05) is 0 Å². The average molecular weight is 579 g/mol. The molecule has 3 aromatic carbocycles. The monoisotopic (exact) mass is 578 g/mol. The van der Waals surface area contributed by atoms with E-state index in [1.54, 1.807) is 6.92 Å². The Hall–Kier alpha value is -4.57. The Morgan fingerprint density at radius 2 is 1.23 bits per heavy atom. The van der Waals surface area contributed by atoms with Crippen molar-refractivity contribution in [1.82, 2.24) is 0 Å². The van der Waals surface area contributed by atoms with Gasteiger partial charge >= 0.3 is 5.97 Å². The number of rotatable bonds is 10. The van der Waals surface area contributed by atoms with Crippen LogP contribution in [0.1, 0.15) is 28.4 Å². The van der Waals surface area contributed by atoms with Gasteiger partial charge in [-0.15, -0.1) is 0 Å². The van der Waals surface area contributed by atoms with E-state index in [0.29, 0.717) is 0 Å². The first kappa shape index (κ1) is 29.0. The molecular formula is C23H22N4O10S2. The van der Waals surface area contributed by atoms with Gasteiger partial charge in [-0.25, -0.2) is 21.6 Å². The van der Waals surface area contributed by atoms with Crippen LogP contribution in [0.3, 0.4) is 0 Å². The summed E-state index contributed by atoms with van der Waals surface area (Å²) in [5.41, 5.74) is -1.52. The largest absolute Gasteiger partial charge is 0.462 e. The molecule has 3 rings (SSSR count). The summed E-state index contributed by atoms with van der Waals surface area (Å²) < 4.78 is 62.2. The number of nitrogens with zero attached hydrogens (tertiary/aromatic N) is 2. The van der Waals surface area contributed by atoms with E-state index < -0.39 is 62.7 Å². The highest BCUT2D eigenvalue weighted by Crippen LogP contribution is 2.32. The number of nitro groups is 2. The van der Waals surface area contributed by atoms with Crippen molar-refractivity contribution in [3.63, 3.8) is 0 Å². The second-order valence-corrected chi connectivity index (χ2v) is 11.4. The van der Waals surface area contributed by atoms with E-state index >= 15 is 0 Å². The zero-order chi connectivity index (χ0) is 29.1. The zero-order valence-corrected chi connectivity index (χ0v) is 22.3. The topological polar surface area (TPSA) is 205 Å². The fourth-order valence-corrected chi connectivity index (χ4v) is 6.12. The molecule has 0 aliphatic heterocycles. The minimum absolute atomic E-state index is 0.00716. The minimum atomic E-state index is -4.55. The number of aryl methyl sites for hydroxylation is 2. The average Bonchev–Trinajstić information content (AvgIpc) is 2.84. The number of carbonyl (C=O) groups excluding carboxylic acids is 1. The standard InChI is InChI=1S/C23H22N4O10S2/c1-4-37-23(28)16-7-10-19(24-38(33,34)21-12-17(26(29)30)8-5-14(21)2)20(11-16)25-39(35,36)22-13-18(27(31)32)9-6-15(22)3/h5-13,24-25H,4H2,1-3H3. The maximum Gasteiger partial charge on any atom is 0.338 e. The Morgan fingerprint density at radius 1 is 0.769 bits per heavy atom. The molecule has 0 fully saturated rings. The summed E-state index contributed by atoms with van der Waals surface area (Å²) in [5, 5.41) is 22.4. The summed E-state index contributed by atoms with van der Waals surface area (Å²) in [6, 6.07) is 9.73. The van der Waals surface area contributed by atoms with Crippen LogP contribution >= 0.6 is 0 Å². The van der Waals surface area contributed by atoms with Crippen LogP contribution < -0.4 is 9.44 Å². The number of hydrogen-bond acceptors (Lipinski definition) is 10. The van der Waals surface area contributed by atoms with Gasteiger partial charge in [-0.2, -0.15) is 0 Å². The SMILES string of the molecule is CCOC(=O)c1ccc(NS(=O)(=O)c2cc([N+](=O)[O-])ccc2C)c(NS(=O)(=O)c2cc([N+](=O)[O-])ccc2C)c1. The van der Waals surface area contributed by atoms with Crippen molar-refractivity contribution in [1.29, 1.82) is 0 Å². The zero-order valence-electron chi connectivity index (χ0n) is 20.7. The summed E-state index contributed by atoms with van der Waals surface area (Å²) in [7, 11) is -9.06. The molecule has 0 amide bonds. The van der Waals surface area contributed by atoms with Gasteiger partial charge in [0.15, 0.2) is 0 Å². The van der Waals surface area contributed by atoms with Gasteiger partial charge in [0.2, 0.25) is 0 Å². The molecule has 0 spiro atoms. The van der Waals surface area contributed by atoms with Gasteiger partial charge in [-0.05, 0) is 50.1 Å². The highest BCUT2D eigenvalue weighted by atomic mass is 32.2. The van der Waals surface area contributed by atoms with Gasteiger partial charge in [0.25, 0.3) is 31.4 Å². The van der Waals surface area contributed by atoms with E-state index in [0.717, 1.165) is 36.4 Å². The number of nitro benzene ring substituents is 2. The summed E-state index contributed by atoms with van der Waals surface area (Å²) >= 11 is 0. The summed E-state index contributed by atoms with van der Waals surface area (Å²) in [5.74, 6) is -0.826. The number of non-ortho nitro benzene ring substituents is 2. The smallest absolute Gasteiger partial charge is 0.338 e. The Kier molecular flexibility index (Phi) is 8.21. The minimum Gasteiger partial charge on any atom is -0.462 e. The summed E-state index contributed by atoms with van der Waals surface area (Å²) in [6.45, 7) is 4.38. The number of carbonyl (C=O) groups is 1. The number of benzene rings is 3. The van der Waals surface area contributed by atoms with Gasteiger partial charge < -0.3 is 4.74 Å². The van der Waals surface area contributed by atoms with Crippen LogP contribution in [0.15, 0.2) is 64.4 Å². The molecule has 14 nitrogen and oxygen atoms in total. The number of ether oxygens (including phenoxy) is 1. The molecule has 0 atom stereocenters. The lowest BCUT2D eigenvalue weighted by atomic mass is 10.2. The van der Waals surface area contributed by atoms with Crippen molar-refractivity contribution in [2.75, 3.05) is 16.1 Å². The predicted octanol–water partition coefficient (Wildman–Crippen LogP) is 3.90. The molecule has 206 valence electrons. The lowest BCUT2D eigenvalue weighted by Gasteiger charge is -2.17. The van der Waals surface area contributed by atoms with Gasteiger partial charge in [-0.1, -0.05) is 12.1 Å². The van der Waals surface area contributed by atoms with E-state index in [2.05, 4.69) is 9.44 Å². The molecule has 39 heavy (non-hydrogen) atoms. The first-order valence-corrected chi connectivity index (χ1v) is 14.0. The maximum absolute atomic E-state index is 13.3. The van der Waals surface area contributed by atoms with Crippen molar-refractivity contribution < 1.29 is 36.2 Å². The number of hydrogen-bond donors (Lipinski definition) is 2. The quantitative estimate of drug-likeness (QED) is 0.201. The van der Waals surface area contributed by atoms with Crippen LogP contribution in [0.2, 0.25) is 0 Å². The van der Waals surface area contributed by atoms with E-state index in [1.165, 1.54) is 32.0 Å². The molecule has 0 heterocycles. The molecule has 0 aliphatic carbocycles. The molecule has 0 saturated carbocycles. The Balaban J connectivity index is 2.14. The first-order valence-electron chi connectivity index (χ1n) is 11.0. The molecule has 0 saturated heterocycles. The molecule has 0 unspecified atom stereocenters. The van der Waals surface area contributed by atoms with E-state index in [-0.39, 0.29) is 29.0 Å². The highest BCUT2D eigenvalue weighted by molar-refractivity contribution is 7.93. The maximum atomic E-state index is 13.3. The molecule has 0 aliphatic rings. The van der Waals surface area contributed by atoms with Crippen LogP contribution in [-0.2, 0) is 24.8 Å². The Morgan fingerprint density at radius 3 is 1.67 bits per heavy atom. The third kappa shape index (κ3) is 6.47. The van der Waals surface area contributed by atoms with Crippen molar-refractivity contribution >= 4 is 48.8 Å². The second kappa shape index (κ2) is 11.0.